The van der Waals surface area contributed by atoms with Crippen molar-refractivity contribution in [1.82, 2.24) is 14.8 Å². The van der Waals surface area contributed by atoms with Gasteiger partial charge in [-0.2, -0.15) is 0 Å². The molecule has 3 unspecified atom stereocenters. The highest BCUT2D eigenvalue weighted by atomic mass is 32.2. The first kappa shape index (κ1) is 30.7. The number of piperidine rings is 1. The Morgan fingerprint density at radius 2 is 1.89 bits per heavy atom. The van der Waals surface area contributed by atoms with E-state index in [-0.39, 0.29) is 12.6 Å². The summed E-state index contributed by atoms with van der Waals surface area (Å²) >= 11 is 0. The highest BCUT2D eigenvalue weighted by molar-refractivity contribution is 8.28. The topological polar surface area (TPSA) is 54.9 Å². The maximum Gasteiger partial charge on any atom is 0.131 e. The lowest BCUT2D eigenvalue weighted by Gasteiger charge is -2.48. The highest BCUT2D eigenvalue weighted by Gasteiger charge is 2.35. The van der Waals surface area contributed by atoms with Crippen LogP contribution in [0.4, 0.5) is 11.5 Å². The number of pyridine rings is 1. The number of allylic oxidation sites excluding steroid dienone is 2. The molecule has 2 fully saturated rings. The quantitative estimate of drug-likeness (QED) is 0.435. The van der Waals surface area contributed by atoms with E-state index in [0.29, 0.717) is 18.0 Å². The van der Waals surface area contributed by atoms with Crippen LogP contribution in [0, 0.1) is 12.8 Å². The molecule has 0 saturated carbocycles. The zero-order chi connectivity index (χ0) is 27.9. The van der Waals surface area contributed by atoms with E-state index in [4.69, 9.17) is 4.98 Å². The molecule has 0 radical (unpaired) electrons. The predicted octanol–water partition coefficient (Wildman–Crippen LogP) is 5.29. The Bertz CT molecular complexity index is 1060. The fourth-order valence-electron chi connectivity index (χ4n) is 6.10. The van der Waals surface area contributed by atoms with Gasteiger partial charge in [-0.15, -0.1) is 9.39 Å². The monoisotopic (exact) mass is 543 g/mol. The first-order valence-electron chi connectivity index (χ1n) is 14.6. The van der Waals surface area contributed by atoms with Crippen LogP contribution in [0.3, 0.4) is 0 Å². The van der Waals surface area contributed by atoms with Crippen molar-refractivity contribution in [3.8, 4) is 0 Å². The van der Waals surface area contributed by atoms with Crippen molar-refractivity contribution in [2.24, 2.45) is 5.92 Å². The second-order valence-electron chi connectivity index (χ2n) is 11.2. The largest absolute Gasteiger partial charge is 0.394 e. The number of nitrogens with zero attached hydrogens (tertiary/aromatic N) is 4. The number of aryl methyl sites for hydroxylation is 1. The van der Waals surface area contributed by atoms with Crippen LogP contribution in [0.25, 0.3) is 0 Å². The molecule has 0 bridgehead atoms. The van der Waals surface area contributed by atoms with Gasteiger partial charge in [0.1, 0.15) is 5.82 Å². The molecule has 2 N–H and O–H groups in total. The minimum Gasteiger partial charge on any atom is -0.394 e. The number of rotatable bonds is 8. The maximum atomic E-state index is 10.2. The Kier molecular flexibility index (Phi) is 11.3. The Morgan fingerprint density at radius 3 is 2.45 bits per heavy atom. The SMILES string of the molecule is C=S(=C)(C)Nc1cnc(N2CCN(C3CCN(C(CO)C4=CCC(C)C=C4)CC3)C(CC)C2)c(C)c1.CC. The van der Waals surface area contributed by atoms with Gasteiger partial charge in [0, 0.05) is 44.8 Å². The minimum atomic E-state index is -1.32. The van der Waals surface area contributed by atoms with Gasteiger partial charge < -0.3 is 14.7 Å². The summed E-state index contributed by atoms with van der Waals surface area (Å²) in [6.45, 7) is 16.2. The molecule has 1 aromatic heterocycles. The van der Waals surface area contributed by atoms with Crippen molar-refractivity contribution in [3.05, 3.63) is 41.6 Å². The van der Waals surface area contributed by atoms with Crippen LogP contribution < -0.4 is 9.62 Å². The van der Waals surface area contributed by atoms with E-state index in [2.05, 4.69) is 76.2 Å². The molecule has 6 nitrogen and oxygen atoms in total. The fraction of sp³-hybridized carbons (Fsp3) is 0.645. The smallest absolute Gasteiger partial charge is 0.131 e. The van der Waals surface area contributed by atoms with E-state index in [1.165, 1.54) is 24.0 Å². The molecule has 214 valence electrons. The summed E-state index contributed by atoms with van der Waals surface area (Å²) in [6, 6.07) is 3.49. The fourth-order valence-corrected chi connectivity index (χ4v) is 6.78. The summed E-state index contributed by atoms with van der Waals surface area (Å²) in [4.78, 5) is 12.6. The average molecular weight is 544 g/mol. The van der Waals surface area contributed by atoms with E-state index in [9.17, 15) is 5.11 Å². The number of likely N-dealkylation sites (tertiary alicyclic amines) is 1. The molecule has 7 heteroatoms. The Hall–Kier alpha value is -1.80. The summed E-state index contributed by atoms with van der Waals surface area (Å²) in [5.74, 6) is 9.96. The first-order chi connectivity index (χ1) is 18.2. The van der Waals surface area contributed by atoms with Crippen LogP contribution >= 0.6 is 9.39 Å². The van der Waals surface area contributed by atoms with Crippen molar-refractivity contribution >= 4 is 32.6 Å². The Balaban J connectivity index is 0.00000195. The zero-order valence-corrected chi connectivity index (χ0v) is 25.6. The van der Waals surface area contributed by atoms with Crippen LogP contribution in [0.1, 0.15) is 58.9 Å². The first-order valence-corrected chi connectivity index (χ1v) is 17.0. The van der Waals surface area contributed by atoms with E-state index in [1.807, 2.05) is 26.3 Å². The van der Waals surface area contributed by atoms with E-state index < -0.39 is 9.39 Å². The summed E-state index contributed by atoms with van der Waals surface area (Å²) in [5.41, 5.74) is 3.51. The number of aromatic nitrogens is 1. The van der Waals surface area contributed by atoms with Gasteiger partial charge in [0.2, 0.25) is 0 Å². The summed E-state index contributed by atoms with van der Waals surface area (Å²) < 4.78 is 3.41. The molecule has 38 heavy (non-hydrogen) atoms. The van der Waals surface area contributed by atoms with Crippen LogP contribution in [-0.4, -0.2) is 95.3 Å². The van der Waals surface area contributed by atoms with Crippen molar-refractivity contribution < 1.29 is 5.11 Å². The number of hydrogen-bond donors (Lipinski definition) is 2. The maximum absolute atomic E-state index is 10.2. The van der Waals surface area contributed by atoms with Crippen LogP contribution in [0.15, 0.2) is 36.1 Å². The molecular weight excluding hydrogens is 490 g/mol. The summed E-state index contributed by atoms with van der Waals surface area (Å²) in [5, 5.41) is 10.2. The number of anilines is 2. The van der Waals surface area contributed by atoms with Crippen molar-refractivity contribution in [1.29, 1.82) is 0 Å². The minimum absolute atomic E-state index is 0.145. The van der Waals surface area contributed by atoms with Gasteiger partial charge in [-0.25, -0.2) is 4.98 Å². The average Bonchev–Trinajstić information content (AvgIpc) is 2.90. The van der Waals surface area contributed by atoms with Gasteiger partial charge in [-0.1, -0.05) is 57.7 Å². The molecule has 0 aromatic carbocycles. The van der Waals surface area contributed by atoms with E-state index in [0.717, 1.165) is 57.1 Å². The Labute approximate surface area is 233 Å². The van der Waals surface area contributed by atoms with Gasteiger partial charge in [0.15, 0.2) is 0 Å². The number of aliphatic hydroxyl groups excluding tert-OH is 1. The van der Waals surface area contributed by atoms with Gasteiger partial charge in [0.25, 0.3) is 0 Å². The zero-order valence-electron chi connectivity index (χ0n) is 24.8. The number of aliphatic hydroxyl groups is 1. The van der Waals surface area contributed by atoms with Crippen molar-refractivity contribution in [2.45, 2.75) is 78.4 Å². The molecule has 1 aromatic rings. The molecule has 3 aliphatic rings. The molecule has 3 heterocycles. The summed E-state index contributed by atoms with van der Waals surface area (Å²) in [6.07, 6.45) is 15.4. The van der Waals surface area contributed by atoms with E-state index in [1.54, 1.807) is 0 Å². The molecule has 0 spiro atoms. The van der Waals surface area contributed by atoms with Crippen LogP contribution in [0.5, 0.6) is 0 Å². The third-order valence-electron chi connectivity index (χ3n) is 8.02. The van der Waals surface area contributed by atoms with Gasteiger partial charge in [-0.3, -0.25) is 9.80 Å². The van der Waals surface area contributed by atoms with Crippen molar-refractivity contribution in [3.63, 3.8) is 0 Å². The molecule has 3 atom stereocenters. The van der Waals surface area contributed by atoms with E-state index >= 15 is 0 Å². The normalized spacial score (nSPS) is 24.4. The lowest BCUT2D eigenvalue weighted by Crippen LogP contribution is -2.59. The molecule has 2 saturated heterocycles. The van der Waals surface area contributed by atoms with Gasteiger partial charge >= 0.3 is 0 Å². The molecule has 2 aliphatic heterocycles. The molecule has 0 amide bonds. The second-order valence-corrected chi connectivity index (χ2v) is 14.0. The molecule has 4 rings (SSSR count). The summed E-state index contributed by atoms with van der Waals surface area (Å²) in [7, 11) is -1.32. The van der Waals surface area contributed by atoms with Crippen LogP contribution in [-0.2, 0) is 0 Å². The van der Waals surface area contributed by atoms with Crippen molar-refractivity contribution in [2.75, 3.05) is 55.2 Å². The number of piperazine rings is 1. The standard InChI is InChI=1S/C29H47N5OS.C2H6/c1-7-26-20-33(29-23(3)18-25(19-30-29)31-36(4,5)6)16-17-34(26)27-12-14-32(15-13-27)28(21-35)24-10-8-22(2)9-11-24;1-2/h8,10-11,18-19,22,26-28,31,35H,4-5,7,9,12-17,20-21H2,1-3,6H3;1-2H3. The Morgan fingerprint density at radius 1 is 1.18 bits per heavy atom. The number of nitrogens with one attached hydrogen (secondary N) is 1. The third kappa shape index (κ3) is 7.87. The lowest BCUT2D eigenvalue weighted by atomic mass is 9.92. The lowest BCUT2D eigenvalue weighted by molar-refractivity contribution is 0.0443. The molecular formula is C31H53N5OS. The second kappa shape index (κ2) is 14.0. The van der Waals surface area contributed by atoms with Gasteiger partial charge in [0.05, 0.1) is 24.5 Å². The van der Waals surface area contributed by atoms with Gasteiger partial charge in [-0.05, 0) is 62.0 Å². The van der Waals surface area contributed by atoms with Crippen LogP contribution in [0.2, 0.25) is 0 Å². The predicted molar refractivity (Wildman–Crippen MR) is 171 cm³/mol. The molecule has 1 aliphatic carbocycles. The highest BCUT2D eigenvalue weighted by Crippen LogP contribution is 2.30. The number of hydrogen-bond acceptors (Lipinski definition) is 6. The third-order valence-corrected chi connectivity index (χ3v) is 8.75.